The molecule has 0 aromatic heterocycles. The minimum atomic E-state index is -3.82. The average Bonchev–Trinajstić information content (AvgIpc) is 1.21. The molecule has 0 spiro atoms. The molecule has 0 aliphatic heterocycles. The van der Waals surface area contributed by atoms with Gasteiger partial charge in [0.05, 0.1) is 0 Å². The van der Waals surface area contributed by atoms with E-state index in [4.69, 9.17) is 14.7 Å². The summed E-state index contributed by atoms with van der Waals surface area (Å²) in [5.74, 6) is -0.425. The number of carbonyl (C=O) groups excluding carboxylic acids is 1. The van der Waals surface area contributed by atoms with Gasteiger partial charge >= 0.3 is 7.94 Å². The fraction of sp³-hybridized carbons (Fsp3) is 0.667. The van der Waals surface area contributed by atoms with Gasteiger partial charge in [-0.3, -0.25) is 4.79 Å². The lowest BCUT2D eigenvalue weighted by Gasteiger charge is -1.97. The molecule has 5 heteroatoms. The molecule has 4 nitrogen and oxygen atoms in total. The minimum Gasteiger partial charge on any atom is -0.296 e. The molecule has 0 saturated carbocycles. The molecule has 8 heavy (non-hydrogen) atoms. The Balaban J connectivity index is 3.55. The number of hydrogen-bond acceptors (Lipinski definition) is 4. The summed E-state index contributed by atoms with van der Waals surface area (Å²) in [6.45, 7) is 1.18. The molecule has 0 atom stereocenters. The normalized spacial score (nSPS) is 11.5. The quantitative estimate of drug-likeness (QED) is 0.442. The van der Waals surface area contributed by atoms with Crippen LogP contribution in [-0.4, -0.2) is 26.6 Å². The van der Waals surface area contributed by atoms with E-state index in [1.807, 2.05) is 0 Å². The summed E-state index contributed by atoms with van der Waals surface area (Å²) >= 11 is 0. The Morgan fingerprint density at radius 1 is 1.50 bits per heavy atom. The second kappa shape index (κ2) is 2.51. The second-order valence-corrected chi connectivity index (χ2v) is 3.25. The molecular weight excluding hydrogens is 131 g/mol. The third-order valence-corrected chi connectivity index (χ3v) is 1.30. The van der Waals surface area contributed by atoms with Gasteiger partial charge in [0, 0.05) is 0 Å². The maximum absolute atomic E-state index is 10.0. The molecule has 0 aromatic rings. The number of Topliss-reactive ketones (excluding diaryl/α,β-unsaturated/α-hetero) is 1. The van der Waals surface area contributed by atoms with Gasteiger partial charge < -0.3 is 0 Å². The number of rotatable bonds is 2. The first-order valence-electron chi connectivity index (χ1n) is 1.97. The van der Waals surface area contributed by atoms with Crippen molar-refractivity contribution < 1.29 is 19.5 Å². The fourth-order valence-electron chi connectivity index (χ4n) is 0.299. The summed E-state index contributed by atoms with van der Waals surface area (Å²) in [5.41, 5.74) is 0. The molecule has 0 fully saturated rings. The zero-order valence-corrected chi connectivity index (χ0v) is 5.30. The molecule has 3 N–H and O–H groups in total. The van der Waals surface area contributed by atoms with Crippen LogP contribution in [0.4, 0.5) is 0 Å². The van der Waals surface area contributed by atoms with Crippen LogP contribution in [0.15, 0.2) is 0 Å². The van der Waals surface area contributed by atoms with E-state index < -0.39 is 19.9 Å². The van der Waals surface area contributed by atoms with Gasteiger partial charge in [0.15, 0.2) is 11.9 Å². The largest absolute Gasteiger partial charge is 0.411 e. The highest BCUT2D eigenvalue weighted by Gasteiger charge is 2.31. The minimum absolute atomic E-state index is 0.425. The van der Waals surface area contributed by atoms with E-state index in [0.29, 0.717) is 0 Å². The standard InChI is InChI=1S/C3H8O4P/c1-3(4)2-8(5,6)7/h5-7H,2H2,1H3/q+1. The summed E-state index contributed by atoms with van der Waals surface area (Å²) in [5, 5.41) is 0. The summed E-state index contributed by atoms with van der Waals surface area (Å²) in [7, 11) is -3.82. The van der Waals surface area contributed by atoms with E-state index in [0.717, 1.165) is 0 Å². The van der Waals surface area contributed by atoms with E-state index in [9.17, 15) is 4.79 Å². The van der Waals surface area contributed by atoms with Crippen LogP contribution in [0.1, 0.15) is 6.92 Å². The maximum atomic E-state index is 10.0. The zero-order chi connectivity index (χ0) is 6.78. The Morgan fingerprint density at radius 3 is 1.88 bits per heavy atom. The van der Waals surface area contributed by atoms with Crippen LogP contribution in [0.5, 0.6) is 0 Å². The second-order valence-electron chi connectivity index (χ2n) is 1.55. The lowest BCUT2D eigenvalue weighted by atomic mass is 10.5. The summed E-state index contributed by atoms with van der Waals surface area (Å²) in [6, 6.07) is 0. The molecule has 0 aliphatic rings. The SMILES string of the molecule is CC(=O)C[P+](O)(O)O. The first-order chi connectivity index (χ1) is 3.42. The first kappa shape index (κ1) is 7.98. The molecule has 0 aromatic carbocycles. The van der Waals surface area contributed by atoms with Crippen molar-refractivity contribution in [1.82, 2.24) is 0 Å². The molecule has 0 bridgehead atoms. The van der Waals surface area contributed by atoms with Crippen LogP contribution in [0, 0.1) is 0 Å². The number of hydrogen-bond donors (Lipinski definition) is 3. The maximum Gasteiger partial charge on any atom is 0.411 e. The van der Waals surface area contributed by atoms with Gasteiger partial charge in [0.25, 0.3) is 0 Å². The molecule has 0 aliphatic carbocycles. The molecule has 0 amide bonds. The van der Waals surface area contributed by atoms with Crippen LogP contribution in [0.2, 0.25) is 0 Å². The van der Waals surface area contributed by atoms with E-state index in [1.165, 1.54) is 6.92 Å². The highest BCUT2D eigenvalue weighted by molar-refractivity contribution is 7.59. The Hall–Kier alpha value is -0.0200. The summed E-state index contributed by atoms with van der Waals surface area (Å²) < 4.78 is 0. The Bertz CT molecular complexity index is 93.9. The molecular formula is C3H8O4P+. The number of carbonyl (C=O) groups is 1. The van der Waals surface area contributed by atoms with Gasteiger partial charge in [-0.05, 0) is 6.92 Å². The molecule has 48 valence electrons. The third-order valence-electron chi connectivity index (χ3n) is 0.435. The zero-order valence-electron chi connectivity index (χ0n) is 4.40. The van der Waals surface area contributed by atoms with E-state index in [1.54, 1.807) is 0 Å². The van der Waals surface area contributed by atoms with Crippen molar-refractivity contribution in [3.63, 3.8) is 0 Å². The van der Waals surface area contributed by atoms with Crippen LogP contribution in [0.25, 0.3) is 0 Å². The highest BCUT2D eigenvalue weighted by atomic mass is 31.2. The van der Waals surface area contributed by atoms with Gasteiger partial charge in [0.1, 0.15) is 0 Å². The van der Waals surface area contributed by atoms with Crippen molar-refractivity contribution in [2.75, 3.05) is 6.16 Å². The van der Waals surface area contributed by atoms with Crippen molar-refractivity contribution in [1.29, 1.82) is 0 Å². The van der Waals surface area contributed by atoms with Crippen LogP contribution in [0.3, 0.4) is 0 Å². The highest BCUT2D eigenvalue weighted by Crippen LogP contribution is 2.43. The summed E-state index contributed by atoms with van der Waals surface area (Å²) in [4.78, 5) is 34.6. The Kier molecular flexibility index (Phi) is 2.50. The van der Waals surface area contributed by atoms with Crippen molar-refractivity contribution >= 4 is 13.7 Å². The lowest BCUT2D eigenvalue weighted by molar-refractivity contribution is -0.114. The third kappa shape index (κ3) is 5.98. The van der Waals surface area contributed by atoms with E-state index >= 15 is 0 Å². The van der Waals surface area contributed by atoms with Crippen molar-refractivity contribution in [2.24, 2.45) is 0 Å². The van der Waals surface area contributed by atoms with Gasteiger partial charge in [-0.2, -0.15) is 14.7 Å². The lowest BCUT2D eigenvalue weighted by Crippen LogP contribution is -2.03. The number of ketones is 1. The predicted octanol–water partition coefficient (Wildman–Crippen LogP) is -0.685. The predicted molar refractivity (Wildman–Crippen MR) is 29.1 cm³/mol. The van der Waals surface area contributed by atoms with Gasteiger partial charge in [-0.1, -0.05) is 0 Å². The Labute approximate surface area is 47.4 Å². The monoisotopic (exact) mass is 139 g/mol. The van der Waals surface area contributed by atoms with E-state index in [-0.39, 0.29) is 0 Å². The van der Waals surface area contributed by atoms with E-state index in [2.05, 4.69) is 0 Å². The van der Waals surface area contributed by atoms with Crippen molar-refractivity contribution in [3.05, 3.63) is 0 Å². The molecule has 0 heterocycles. The van der Waals surface area contributed by atoms with Crippen LogP contribution >= 0.6 is 7.94 Å². The van der Waals surface area contributed by atoms with Crippen molar-refractivity contribution in [2.45, 2.75) is 6.92 Å². The van der Waals surface area contributed by atoms with Gasteiger partial charge in [-0.15, -0.1) is 0 Å². The summed E-state index contributed by atoms with van der Waals surface area (Å²) in [6.07, 6.45) is -0.535. The first-order valence-corrected chi connectivity index (χ1v) is 3.81. The fourth-order valence-corrected chi connectivity index (χ4v) is 0.896. The van der Waals surface area contributed by atoms with Gasteiger partial charge in [0.2, 0.25) is 0 Å². The van der Waals surface area contributed by atoms with Crippen molar-refractivity contribution in [3.8, 4) is 0 Å². The molecule has 0 unspecified atom stereocenters. The Morgan fingerprint density at radius 2 is 1.88 bits per heavy atom. The average molecular weight is 139 g/mol. The topological polar surface area (TPSA) is 77.8 Å². The smallest absolute Gasteiger partial charge is 0.296 e. The van der Waals surface area contributed by atoms with Gasteiger partial charge in [-0.25, -0.2) is 0 Å². The van der Waals surface area contributed by atoms with Crippen LogP contribution in [-0.2, 0) is 4.79 Å². The molecule has 0 radical (unpaired) electrons. The van der Waals surface area contributed by atoms with Crippen LogP contribution < -0.4 is 0 Å². The molecule has 0 saturated heterocycles. The molecule has 0 rings (SSSR count).